The molecule has 1 atom stereocenters. The third-order valence-electron chi connectivity index (χ3n) is 4.12. The van der Waals surface area contributed by atoms with Gasteiger partial charge in [-0.1, -0.05) is 12.1 Å². The van der Waals surface area contributed by atoms with Gasteiger partial charge in [0.25, 0.3) is 0 Å². The average Bonchev–Trinajstić information content (AvgIpc) is 2.91. The molecule has 19 heavy (non-hydrogen) atoms. The third-order valence-corrected chi connectivity index (χ3v) is 4.12. The summed E-state index contributed by atoms with van der Waals surface area (Å²) in [5, 5.41) is 3.56. The molecule has 3 rings (SSSR count). The summed E-state index contributed by atoms with van der Waals surface area (Å²) in [7, 11) is 2.22. The number of hydrogen-bond donors (Lipinski definition) is 1. The zero-order valence-corrected chi connectivity index (χ0v) is 11.8. The molecular weight excluding hydrogens is 236 g/mol. The van der Waals surface area contributed by atoms with Crippen LogP contribution < -0.4 is 10.1 Å². The molecule has 2 aliphatic rings. The van der Waals surface area contributed by atoms with Gasteiger partial charge in [-0.25, -0.2) is 0 Å². The van der Waals surface area contributed by atoms with Gasteiger partial charge in [-0.2, -0.15) is 0 Å². The van der Waals surface area contributed by atoms with Gasteiger partial charge in [-0.15, -0.1) is 0 Å². The number of nitrogens with one attached hydrogen (secondary N) is 1. The standard InChI is InChI=1S/C16H24N2O/c1-18(12-15-5-2-8-17-15)11-13-6-7-16-14(10-13)4-3-9-19-16/h6-7,10,15,17H,2-5,8-9,11-12H2,1H3. The van der Waals surface area contributed by atoms with E-state index < -0.39 is 0 Å². The van der Waals surface area contributed by atoms with Crippen molar-refractivity contribution in [2.45, 2.75) is 38.3 Å². The molecule has 3 nitrogen and oxygen atoms in total. The third kappa shape index (κ3) is 3.28. The van der Waals surface area contributed by atoms with Crippen molar-refractivity contribution < 1.29 is 4.74 Å². The first kappa shape index (κ1) is 12.9. The van der Waals surface area contributed by atoms with Gasteiger partial charge in [0.1, 0.15) is 5.75 Å². The molecule has 1 aromatic carbocycles. The number of aryl methyl sites for hydroxylation is 1. The van der Waals surface area contributed by atoms with E-state index in [-0.39, 0.29) is 0 Å². The van der Waals surface area contributed by atoms with Crippen LogP contribution in [0.3, 0.4) is 0 Å². The summed E-state index contributed by atoms with van der Waals surface area (Å²) in [5.41, 5.74) is 2.79. The lowest BCUT2D eigenvalue weighted by atomic mass is 10.0. The second-order valence-corrected chi connectivity index (χ2v) is 5.88. The van der Waals surface area contributed by atoms with E-state index in [2.05, 4.69) is 35.5 Å². The monoisotopic (exact) mass is 260 g/mol. The van der Waals surface area contributed by atoms with Crippen molar-refractivity contribution in [2.24, 2.45) is 0 Å². The Morgan fingerprint density at radius 2 is 2.32 bits per heavy atom. The summed E-state index contributed by atoms with van der Waals surface area (Å²) in [4.78, 5) is 2.42. The Balaban J connectivity index is 1.59. The molecule has 1 aromatic rings. The van der Waals surface area contributed by atoms with Crippen molar-refractivity contribution >= 4 is 0 Å². The molecule has 0 aromatic heterocycles. The fourth-order valence-electron chi connectivity index (χ4n) is 3.18. The molecule has 2 aliphatic heterocycles. The number of fused-ring (bicyclic) bond motifs is 1. The number of likely N-dealkylation sites (N-methyl/N-ethyl adjacent to an activating group) is 1. The van der Waals surface area contributed by atoms with E-state index in [1.165, 1.54) is 30.5 Å². The molecule has 1 saturated heterocycles. The van der Waals surface area contributed by atoms with Crippen LogP contribution in [-0.4, -0.2) is 37.7 Å². The number of nitrogens with zero attached hydrogens (tertiary/aromatic N) is 1. The molecule has 1 unspecified atom stereocenters. The van der Waals surface area contributed by atoms with Crippen molar-refractivity contribution in [3.8, 4) is 5.75 Å². The second kappa shape index (κ2) is 5.93. The van der Waals surface area contributed by atoms with Crippen molar-refractivity contribution in [3.63, 3.8) is 0 Å². The molecule has 0 amide bonds. The van der Waals surface area contributed by atoms with E-state index in [9.17, 15) is 0 Å². The Morgan fingerprint density at radius 3 is 3.16 bits per heavy atom. The van der Waals surface area contributed by atoms with E-state index in [1.54, 1.807) is 0 Å². The van der Waals surface area contributed by atoms with Crippen LogP contribution in [0, 0.1) is 0 Å². The number of benzene rings is 1. The van der Waals surface area contributed by atoms with Crippen LogP contribution in [0.15, 0.2) is 18.2 Å². The predicted molar refractivity (Wildman–Crippen MR) is 77.6 cm³/mol. The molecule has 1 N–H and O–H groups in total. The van der Waals surface area contributed by atoms with E-state index in [4.69, 9.17) is 4.74 Å². The summed E-state index contributed by atoms with van der Waals surface area (Å²) >= 11 is 0. The summed E-state index contributed by atoms with van der Waals surface area (Å²) in [6.45, 7) is 4.24. The van der Waals surface area contributed by atoms with Crippen LogP contribution >= 0.6 is 0 Å². The van der Waals surface area contributed by atoms with Gasteiger partial charge >= 0.3 is 0 Å². The summed E-state index contributed by atoms with van der Waals surface area (Å²) < 4.78 is 5.67. The lowest BCUT2D eigenvalue weighted by Crippen LogP contribution is -2.34. The Kier molecular flexibility index (Phi) is 4.04. The lowest BCUT2D eigenvalue weighted by molar-refractivity contribution is 0.284. The highest BCUT2D eigenvalue weighted by molar-refractivity contribution is 5.38. The van der Waals surface area contributed by atoms with Gasteiger partial charge < -0.3 is 15.0 Å². The summed E-state index contributed by atoms with van der Waals surface area (Å²) in [6.07, 6.45) is 4.96. The minimum Gasteiger partial charge on any atom is -0.493 e. The number of hydrogen-bond acceptors (Lipinski definition) is 3. The molecule has 0 bridgehead atoms. The van der Waals surface area contributed by atoms with E-state index in [0.29, 0.717) is 6.04 Å². The van der Waals surface area contributed by atoms with E-state index in [1.807, 2.05) is 0 Å². The smallest absolute Gasteiger partial charge is 0.122 e. The number of ether oxygens (including phenoxy) is 1. The minimum absolute atomic E-state index is 0.686. The second-order valence-electron chi connectivity index (χ2n) is 5.88. The maximum Gasteiger partial charge on any atom is 0.122 e. The largest absolute Gasteiger partial charge is 0.493 e. The van der Waals surface area contributed by atoms with E-state index >= 15 is 0 Å². The highest BCUT2D eigenvalue weighted by Gasteiger charge is 2.16. The molecular formula is C16H24N2O. The van der Waals surface area contributed by atoms with Crippen LogP contribution in [0.2, 0.25) is 0 Å². The molecule has 0 aliphatic carbocycles. The predicted octanol–water partition coefficient (Wildman–Crippen LogP) is 2.20. The van der Waals surface area contributed by atoms with Gasteiger partial charge in [0.05, 0.1) is 6.61 Å². The number of rotatable bonds is 4. The fourth-order valence-corrected chi connectivity index (χ4v) is 3.18. The maximum atomic E-state index is 5.67. The zero-order chi connectivity index (χ0) is 13.1. The van der Waals surface area contributed by atoms with Gasteiger partial charge in [0.15, 0.2) is 0 Å². The Labute approximate surface area is 115 Å². The van der Waals surface area contributed by atoms with Gasteiger partial charge in [0, 0.05) is 19.1 Å². The van der Waals surface area contributed by atoms with Crippen molar-refractivity contribution in [1.82, 2.24) is 10.2 Å². The normalized spacial score (nSPS) is 22.3. The topological polar surface area (TPSA) is 24.5 Å². The SMILES string of the molecule is CN(Cc1ccc2c(c1)CCCO2)CC1CCCN1. The van der Waals surface area contributed by atoms with Crippen LogP contribution in [0.4, 0.5) is 0 Å². The summed E-state index contributed by atoms with van der Waals surface area (Å²) in [5.74, 6) is 1.09. The molecule has 3 heteroatoms. The first-order valence-electron chi connectivity index (χ1n) is 7.48. The van der Waals surface area contributed by atoms with Crippen LogP contribution in [0.25, 0.3) is 0 Å². The Morgan fingerprint density at radius 1 is 1.37 bits per heavy atom. The molecule has 2 heterocycles. The highest BCUT2D eigenvalue weighted by Crippen LogP contribution is 2.26. The molecule has 1 fully saturated rings. The molecule has 104 valence electrons. The highest BCUT2D eigenvalue weighted by atomic mass is 16.5. The van der Waals surface area contributed by atoms with Gasteiger partial charge in [-0.3, -0.25) is 0 Å². The van der Waals surface area contributed by atoms with Crippen molar-refractivity contribution in [3.05, 3.63) is 29.3 Å². The molecule has 0 spiro atoms. The van der Waals surface area contributed by atoms with Crippen LogP contribution in [-0.2, 0) is 13.0 Å². The fraction of sp³-hybridized carbons (Fsp3) is 0.625. The first-order valence-corrected chi connectivity index (χ1v) is 7.48. The first-order chi connectivity index (χ1) is 9.31. The summed E-state index contributed by atoms with van der Waals surface area (Å²) in [6, 6.07) is 7.37. The van der Waals surface area contributed by atoms with Gasteiger partial charge in [0.2, 0.25) is 0 Å². The van der Waals surface area contributed by atoms with Crippen molar-refractivity contribution in [1.29, 1.82) is 0 Å². The van der Waals surface area contributed by atoms with E-state index in [0.717, 1.165) is 38.3 Å². The van der Waals surface area contributed by atoms with Crippen molar-refractivity contribution in [2.75, 3.05) is 26.7 Å². The zero-order valence-electron chi connectivity index (χ0n) is 11.8. The van der Waals surface area contributed by atoms with Crippen LogP contribution in [0.1, 0.15) is 30.4 Å². The quantitative estimate of drug-likeness (QED) is 0.898. The molecule has 0 saturated carbocycles. The minimum atomic E-state index is 0.686. The molecule has 0 radical (unpaired) electrons. The maximum absolute atomic E-state index is 5.67. The van der Waals surface area contributed by atoms with Crippen LogP contribution in [0.5, 0.6) is 5.75 Å². The van der Waals surface area contributed by atoms with Gasteiger partial charge in [-0.05, 0) is 56.5 Å². The lowest BCUT2D eigenvalue weighted by Gasteiger charge is -2.23. The Hall–Kier alpha value is -1.06. The Bertz CT molecular complexity index is 427. The average molecular weight is 260 g/mol.